The second kappa shape index (κ2) is 5.77. The van der Waals surface area contributed by atoms with Crippen molar-refractivity contribution in [2.75, 3.05) is 16.2 Å². The van der Waals surface area contributed by atoms with E-state index in [1.165, 1.54) is 24.6 Å². The number of pyridine rings is 1. The van der Waals surface area contributed by atoms with Gasteiger partial charge in [-0.1, -0.05) is 18.2 Å². The summed E-state index contributed by atoms with van der Waals surface area (Å²) >= 11 is 0. The van der Waals surface area contributed by atoms with Crippen LogP contribution in [0.25, 0.3) is 0 Å². The summed E-state index contributed by atoms with van der Waals surface area (Å²) in [5, 5.41) is 0.0939. The number of nitrogens with one attached hydrogen (secondary N) is 1. The lowest BCUT2D eigenvalue weighted by molar-refractivity contribution is 0.596. The molecule has 5 nitrogen and oxygen atoms in total. The zero-order valence-corrected chi connectivity index (χ0v) is 14.5. The predicted molar refractivity (Wildman–Crippen MR) is 94.9 cm³/mol. The Hall–Kier alpha value is -2.08. The van der Waals surface area contributed by atoms with Crippen LogP contribution < -0.4 is 9.62 Å². The number of benzene rings is 1. The third-order valence-electron chi connectivity index (χ3n) is 4.70. The van der Waals surface area contributed by atoms with Gasteiger partial charge in [-0.25, -0.2) is 4.98 Å². The standard InChI is InChI=1S/C18H21N3O2S/c1-13-5-3-11-19-18(13)24(22,23)20-16-8-2-6-14-7-4-12-21(17(14)16)15-9-10-15/h2-3,5-6,8,11,15,20H,4,7,9-10,12H2,1H3. The Bertz CT molecular complexity index is 876. The zero-order chi connectivity index (χ0) is 16.7. The van der Waals surface area contributed by atoms with Gasteiger partial charge in [-0.2, -0.15) is 8.42 Å². The third-order valence-corrected chi connectivity index (χ3v) is 6.12. The molecule has 1 aliphatic carbocycles. The summed E-state index contributed by atoms with van der Waals surface area (Å²) in [5.74, 6) is 0. The van der Waals surface area contributed by atoms with E-state index < -0.39 is 10.0 Å². The van der Waals surface area contributed by atoms with Crippen LogP contribution >= 0.6 is 0 Å². The average molecular weight is 343 g/mol. The topological polar surface area (TPSA) is 62.3 Å². The Labute approximate surface area is 142 Å². The molecule has 0 spiro atoms. The van der Waals surface area contributed by atoms with E-state index in [1.807, 2.05) is 12.1 Å². The smallest absolute Gasteiger partial charge is 0.279 e. The van der Waals surface area contributed by atoms with E-state index in [2.05, 4.69) is 20.7 Å². The van der Waals surface area contributed by atoms with Crippen LogP contribution in [0.15, 0.2) is 41.6 Å². The Morgan fingerprint density at radius 2 is 2.04 bits per heavy atom. The first kappa shape index (κ1) is 15.4. The molecular formula is C18H21N3O2S. The van der Waals surface area contributed by atoms with E-state index in [0.29, 0.717) is 17.3 Å². The monoisotopic (exact) mass is 343 g/mol. The lowest BCUT2D eigenvalue weighted by Crippen LogP contribution is -2.32. The van der Waals surface area contributed by atoms with Crippen LogP contribution in [0.1, 0.15) is 30.4 Å². The van der Waals surface area contributed by atoms with Gasteiger partial charge >= 0.3 is 0 Å². The fourth-order valence-electron chi connectivity index (χ4n) is 3.46. The van der Waals surface area contributed by atoms with Gasteiger partial charge in [0.05, 0.1) is 11.4 Å². The minimum atomic E-state index is -3.69. The normalized spacial score (nSPS) is 17.5. The van der Waals surface area contributed by atoms with Gasteiger partial charge in [0.25, 0.3) is 10.0 Å². The first-order chi connectivity index (χ1) is 11.6. The molecule has 1 aromatic carbocycles. The van der Waals surface area contributed by atoms with E-state index in [-0.39, 0.29) is 5.03 Å². The molecule has 1 aromatic heterocycles. The summed E-state index contributed by atoms with van der Waals surface area (Å²) in [6, 6.07) is 9.96. The predicted octanol–water partition coefficient (Wildman–Crippen LogP) is 3.11. The highest BCUT2D eigenvalue weighted by molar-refractivity contribution is 7.92. The summed E-state index contributed by atoms with van der Waals surface area (Å²) in [7, 11) is -3.69. The molecule has 1 N–H and O–H groups in total. The molecular weight excluding hydrogens is 322 g/mol. The fraction of sp³-hybridized carbons (Fsp3) is 0.389. The van der Waals surface area contributed by atoms with E-state index in [4.69, 9.17) is 0 Å². The third kappa shape index (κ3) is 2.75. The van der Waals surface area contributed by atoms with E-state index in [0.717, 1.165) is 25.1 Å². The van der Waals surface area contributed by atoms with Crippen LogP contribution in [-0.2, 0) is 16.4 Å². The summed E-state index contributed by atoms with van der Waals surface area (Å²) < 4.78 is 28.4. The number of nitrogens with zero attached hydrogens (tertiary/aromatic N) is 2. The molecule has 0 saturated heterocycles. The summed E-state index contributed by atoms with van der Waals surface area (Å²) in [4.78, 5) is 6.44. The average Bonchev–Trinajstić information content (AvgIpc) is 3.39. The molecule has 1 saturated carbocycles. The number of para-hydroxylation sites is 1. The summed E-state index contributed by atoms with van der Waals surface area (Å²) in [6.07, 6.45) is 6.02. The second-order valence-electron chi connectivity index (χ2n) is 6.57. The number of fused-ring (bicyclic) bond motifs is 1. The van der Waals surface area contributed by atoms with E-state index in [1.54, 1.807) is 19.1 Å². The van der Waals surface area contributed by atoms with Crippen LogP contribution in [0, 0.1) is 6.92 Å². The Morgan fingerprint density at radius 3 is 2.79 bits per heavy atom. The van der Waals surface area contributed by atoms with E-state index in [9.17, 15) is 8.42 Å². The maximum Gasteiger partial charge on any atom is 0.279 e. The minimum Gasteiger partial charge on any atom is -0.367 e. The van der Waals surface area contributed by atoms with Crippen molar-refractivity contribution < 1.29 is 8.42 Å². The largest absolute Gasteiger partial charge is 0.367 e. The highest BCUT2D eigenvalue weighted by Gasteiger charge is 2.34. The van der Waals surface area contributed by atoms with Gasteiger partial charge in [-0.3, -0.25) is 4.72 Å². The number of anilines is 2. The molecule has 0 unspecified atom stereocenters. The molecule has 0 amide bonds. The van der Waals surface area contributed by atoms with Crippen LogP contribution in [0.5, 0.6) is 0 Å². The number of hydrogen-bond donors (Lipinski definition) is 1. The molecule has 1 fully saturated rings. The minimum absolute atomic E-state index is 0.0939. The first-order valence-corrected chi connectivity index (χ1v) is 9.87. The lowest BCUT2D eigenvalue weighted by atomic mass is 10.0. The van der Waals surface area contributed by atoms with Crippen molar-refractivity contribution in [3.63, 3.8) is 0 Å². The van der Waals surface area contributed by atoms with E-state index >= 15 is 0 Å². The molecule has 4 rings (SSSR count). The van der Waals surface area contributed by atoms with Gasteiger partial charge in [-0.05, 0) is 55.9 Å². The van der Waals surface area contributed by atoms with Crippen molar-refractivity contribution >= 4 is 21.4 Å². The van der Waals surface area contributed by atoms with Gasteiger partial charge in [0, 0.05) is 18.8 Å². The molecule has 2 aliphatic rings. The highest BCUT2D eigenvalue weighted by atomic mass is 32.2. The number of hydrogen-bond acceptors (Lipinski definition) is 4. The van der Waals surface area contributed by atoms with Crippen molar-refractivity contribution in [1.29, 1.82) is 0 Å². The van der Waals surface area contributed by atoms with Gasteiger partial charge in [0.15, 0.2) is 5.03 Å². The Kier molecular flexibility index (Phi) is 3.72. The zero-order valence-electron chi connectivity index (χ0n) is 13.7. The van der Waals surface area contributed by atoms with Crippen molar-refractivity contribution in [3.05, 3.63) is 47.7 Å². The van der Waals surface area contributed by atoms with Crippen LogP contribution in [0.3, 0.4) is 0 Å². The van der Waals surface area contributed by atoms with Crippen molar-refractivity contribution in [3.8, 4) is 0 Å². The molecule has 6 heteroatoms. The van der Waals surface area contributed by atoms with Crippen molar-refractivity contribution in [1.82, 2.24) is 4.98 Å². The van der Waals surface area contributed by atoms with Gasteiger partial charge < -0.3 is 4.90 Å². The Balaban J connectivity index is 1.74. The molecule has 24 heavy (non-hydrogen) atoms. The first-order valence-electron chi connectivity index (χ1n) is 8.39. The molecule has 0 bridgehead atoms. The maximum atomic E-state index is 12.8. The van der Waals surface area contributed by atoms with Gasteiger partial charge in [0.2, 0.25) is 0 Å². The van der Waals surface area contributed by atoms with Gasteiger partial charge in [-0.15, -0.1) is 0 Å². The number of aryl methyl sites for hydroxylation is 2. The van der Waals surface area contributed by atoms with Crippen LogP contribution in [0.4, 0.5) is 11.4 Å². The lowest BCUT2D eigenvalue weighted by Gasteiger charge is -2.33. The quantitative estimate of drug-likeness (QED) is 0.926. The van der Waals surface area contributed by atoms with Crippen molar-refractivity contribution in [2.45, 2.75) is 43.7 Å². The van der Waals surface area contributed by atoms with Crippen LogP contribution in [0.2, 0.25) is 0 Å². The number of rotatable bonds is 4. The molecule has 2 aromatic rings. The molecule has 2 heterocycles. The molecule has 126 valence electrons. The summed E-state index contributed by atoms with van der Waals surface area (Å²) in [6.45, 7) is 2.76. The molecule has 0 radical (unpaired) electrons. The Morgan fingerprint density at radius 1 is 1.21 bits per heavy atom. The summed E-state index contributed by atoms with van der Waals surface area (Å²) in [5.41, 5.74) is 3.60. The van der Waals surface area contributed by atoms with Crippen molar-refractivity contribution in [2.24, 2.45) is 0 Å². The number of sulfonamides is 1. The maximum absolute atomic E-state index is 12.8. The SMILES string of the molecule is Cc1cccnc1S(=O)(=O)Nc1cccc2c1N(C1CC1)CCC2. The molecule has 1 aliphatic heterocycles. The molecule has 0 atom stereocenters. The van der Waals surface area contributed by atoms with Crippen LogP contribution in [-0.4, -0.2) is 26.0 Å². The number of aromatic nitrogens is 1. The van der Waals surface area contributed by atoms with Gasteiger partial charge in [0.1, 0.15) is 0 Å². The second-order valence-corrected chi connectivity index (χ2v) is 8.17. The fourth-order valence-corrected chi connectivity index (χ4v) is 4.71. The highest BCUT2D eigenvalue weighted by Crippen LogP contribution is 2.41.